The second kappa shape index (κ2) is 10.5. The number of aromatic nitrogens is 8. The van der Waals surface area contributed by atoms with Crippen LogP contribution in [0.25, 0.3) is 22.3 Å². The number of hydrogen-bond donors (Lipinski definition) is 4. The minimum atomic E-state index is -5.07. The summed E-state index contributed by atoms with van der Waals surface area (Å²) in [6.45, 7) is -1.41. The molecule has 0 saturated carbocycles. The Hall–Kier alpha value is -3.56. The highest BCUT2D eigenvalue weighted by atomic mass is 31.2. The molecule has 0 amide bonds. The van der Waals surface area contributed by atoms with E-state index < -0.39 is 76.8 Å². The lowest BCUT2D eigenvalue weighted by Gasteiger charge is -2.33. The first-order valence-corrected chi connectivity index (χ1v) is 15.8. The summed E-state index contributed by atoms with van der Waals surface area (Å²) >= 11 is 0. The highest BCUT2D eigenvalue weighted by Gasteiger charge is 2.44. The molecule has 8 atom stereocenters. The second-order valence-corrected chi connectivity index (χ2v) is 12.8. The van der Waals surface area contributed by atoms with E-state index in [0.717, 1.165) is 0 Å². The second-order valence-electron chi connectivity index (χ2n) is 10.1. The summed E-state index contributed by atoms with van der Waals surface area (Å²) in [7, 11) is -10.1. The highest BCUT2D eigenvalue weighted by molar-refractivity contribution is 7.46. The number of anilines is 2. The Morgan fingerprint density at radius 1 is 0.750 bits per heavy atom. The van der Waals surface area contributed by atoms with Crippen molar-refractivity contribution in [3.8, 4) is 0 Å². The topological polar surface area (TPSA) is 315 Å². The number of ether oxygens (including phenoxy) is 2. The third-order valence-electron chi connectivity index (χ3n) is 7.21. The van der Waals surface area contributed by atoms with Gasteiger partial charge >= 0.3 is 0 Å². The molecule has 0 bridgehead atoms. The Labute approximate surface area is 243 Å². The van der Waals surface area contributed by atoms with Gasteiger partial charge in [-0.15, -0.1) is 0 Å². The number of imidazole rings is 2. The van der Waals surface area contributed by atoms with Gasteiger partial charge in [-0.2, -0.15) is 9.97 Å². The van der Waals surface area contributed by atoms with Crippen LogP contribution in [0.15, 0.2) is 22.2 Å². The number of nitrogens with one attached hydrogen (secondary N) is 2. The largest absolute Gasteiger partial charge is 0.756 e. The first kappa shape index (κ1) is 29.2. The molecule has 3 aliphatic heterocycles. The summed E-state index contributed by atoms with van der Waals surface area (Å²) in [5.74, 6) is -0.388. The normalized spacial score (nSPS) is 34.9. The van der Waals surface area contributed by atoms with E-state index in [1.54, 1.807) is 0 Å². The average Bonchev–Trinajstić information content (AvgIpc) is 3.70. The van der Waals surface area contributed by atoms with Crippen molar-refractivity contribution < 1.29 is 46.5 Å². The summed E-state index contributed by atoms with van der Waals surface area (Å²) in [6.07, 6.45) is -4.98. The number of hydrogen-bond acceptors (Lipinski definition) is 18. The average molecular weight is 656 g/mol. The standard InChI is InChI=1S/C20H24N10O12P2/c21-19-25-15-13(17(31)27-19)23-5-29(15)11-1-7-9(39-11)3-37-44(35,36)42-8-2-12(40-10(8)4-38-43(33,34)41-7)30-6-24-14-16(30)26-20(22)28-18(14)32/h5-12H,1-4H2,(H,33,34)(H,35,36)(H3,21,25,27,31)(H3,22,26,28,32)/p-2/t7-,8?,9+,10-,11-,12-/m1/s1. The van der Waals surface area contributed by atoms with Crippen molar-refractivity contribution in [1.82, 2.24) is 39.0 Å². The third kappa shape index (κ3) is 5.34. The molecule has 4 aromatic heterocycles. The molecule has 22 nitrogen and oxygen atoms in total. The molecule has 6 N–H and O–H groups in total. The van der Waals surface area contributed by atoms with Crippen LogP contribution in [0.2, 0.25) is 0 Å². The Morgan fingerprint density at radius 2 is 1.16 bits per heavy atom. The fraction of sp³-hybridized carbons (Fsp3) is 0.500. The zero-order valence-corrected chi connectivity index (χ0v) is 23.9. The van der Waals surface area contributed by atoms with Gasteiger partial charge in [-0.05, 0) is 0 Å². The first-order chi connectivity index (χ1) is 20.9. The number of nitrogens with zero attached hydrogens (tertiary/aromatic N) is 6. The molecule has 3 fully saturated rings. The van der Waals surface area contributed by atoms with E-state index in [2.05, 4.69) is 29.9 Å². The third-order valence-corrected chi connectivity index (χ3v) is 9.19. The van der Waals surface area contributed by atoms with Crippen molar-refractivity contribution >= 4 is 49.9 Å². The summed E-state index contributed by atoms with van der Waals surface area (Å²) in [4.78, 5) is 70.9. The van der Waals surface area contributed by atoms with Crippen LogP contribution in [0, 0.1) is 0 Å². The van der Waals surface area contributed by atoms with Crippen LogP contribution in [0.4, 0.5) is 11.9 Å². The zero-order chi connectivity index (χ0) is 31.0. The fourth-order valence-electron chi connectivity index (χ4n) is 5.29. The summed E-state index contributed by atoms with van der Waals surface area (Å²) < 4.78 is 60.9. The van der Waals surface area contributed by atoms with Gasteiger partial charge in [-0.3, -0.25) is 37.8 Å². The lowest BCUT2D eigenvalue weighted by atomic mass is 10.2. The molecule has 7 heterocycles. The Morgan fingerprint density at radius 3 is 1.57 bits per heavy atom. The van der Waals surface area contributed by atoms with Crippen LogP contribution in [-0.4, -0.2) is 76.7 Å². The van der Waals surface area contributed by atoms with Crippen molar-refractivity contribution in [2.45, 2.75) is 49.7 Å². The monoisotopic (exact) mass is 656 g/mol. The van der Waals surface area contributed by atoms with Crippen molar-refractivity contribution in [3.05, 3.63) is 33.4 Å². The summed E-state index contributed by atoms with van der Waals surface area (Å²) in [5.41, 5.74) is 10.1. The number of fused-ring (bicyclic) bond motifs is 4. The minimum absolute atomic E-state index is 0.0431. The van der Waals surface area contributed by atoms with Crippen molar-refractivity contribution in [2.75, 3.05) is 24.7 Å². The predicted octanol–water partition coefficient (Wildman–Crippen LogP) is -2.25. The predicted molar refractivity (Wildman–Crippen MR) is 139 cm³/mol. The number of H-pyrrole nitrogens is 2. The van der Waals surface area contributed by atoms with Crippen LogP contribution >= 0.6 is 15.6 Å². The molecule has 0 spiro atoms. The molecular formula is C20H22N10O12P2-2. The van der Waals surface area contributed by atoms with E-state index in [0.29, 0.717) is 0 Å². The molecule has 7 rings (SSSR count). The Kier molecular flexibility index (Phi) is 6.97. The van der Waals surface area contributed by atoms with Gasteiger partial charge in [0.05, 0.1) is 38.1 Å². The molecule has 24 heteroatoms. The number of nitrogens with two attached hydrogens (primary N) is 2. The number of rotatable bonds is 2. The van der Waals surface area contributed by atoms with E-state index in [9.17, 15) is 28.5 Å². The van der Waals surface area contributed by atoms with E-state index in [1.807, 2.05) is 0 Å². The van der Waals surface area contributed by atoms with Gasteiger partial charge < -0.3 is 48.8 Å². The number of nitrogen functional groups attached to an aromatic ring is 2. The number of phosphoric ester groups is 2. The maximum absolute atomic E-state index is 12.9. The van der Waals surface area contributed by atoms with Crippen LogP contribution < -0.4 is 32.4 Å². The molecule has 4 aromatic rings. The molecule has 0 aromatic carbocycles. The van der Waals surface area contributed by atoms with Gasteiger partial charge in [0, 0.05) is 12.8 Å². The van der Waals surface area contributed by atoms with Crippen molar-refractivity contribution in [2.24, 2.45) is 0 Å². The quantitative estimate of drug-likeness (QED) is 0.165. The van der Waals surface area contributed by atoms with E-state index in [1.165, 1.54) is 21.8 Å². The number of phosphoric acid groups is 2. The van der Waals surface area contributed by atoms with Crippen LogP contribution in [0.3, 0.4) is 0 Å². The Balaban J connectivity index is 1.13. The van der Waals surface area contributed by atoms with Gasteiger partial charge in [0.1, 0.15) is 24.7 Å². The first-order valence-electron chi connectivity index (χ1n) is 12.9. The molecule has 0 aliphatic carbocycles. The molecule has 236 valence electrons. The van der Waals surface area contributed by atoms with Gasteiger partial charge in [-0.25, -0.2) is 9.97 Å². The Bertz CT molecular complexity index is 1840. The SMILES string of the molecule is Nc1nc2c(ncn2[C@H]2C[C@H]3OP(=O)([O-])OC[C@H]4O[C@@H](n5cnc6c(=O)[nH]c(N)nc65)CC4OP(=O)([O-])OC[C@@H]3O2)c(=O)[nH]1. The number of aromatic amines is 2. The molecular weight excluding hydrogens is 634 g/mol. The summed E-state index contributed by atoms with van der Waals surface area (Å²) in [5, 5.41) is 0. The van der Waals surface area contributed by atoms with Gasteiger partial charge in [-0.1, -0.05) is 0 Å². The van der Waals surface area contributed by atoms with Crippen LogP contribution in [-0.2, 0) is 36.7 Å². The molecule has 3 aliphatic rings. The van der Waals surface area contributed by atoms with E-state index in [4.69, 9.17) is 39.0 Å². The molecule has 3 saturated heterocycles. The molecule has 0 radical (unpaired) electrons. The highest BCUT2D eigenvalue weighted by Crippen LogP contribution is 2.50. The fourth-order valence-corrected chi connectivity index (χ4v) is 7.18. The minimum Gasteiger partial charge on any atom is -0.756 e. The van der Waals surface area contributed by atoms with Gasteiger partial charge in [0.15, 0.2) is 22.3 Å². The van der Waals surface area contributed by atoms with Gasteiger partial charge in [0.2, 0.25) is 11.9 Å². The molecule has 3 unspecified atom stereocenters. The van der Waals surface area contributed by atoms with Crippen LogP contribution in [0.5, 0.6) is 0 Å². The van der Waals surface area contributed by atoms with Crippen molar-refractivity contribution in [1.29, 1.82) is 0 Å². The zero-order valence-electron chi connectivity index (χ0n) is 22.1. The van der Waals surface area contributed by atoms with E-state index >= 15 is 0 Å². The lowest BCUT2D eigenvalue weighted by molar-refractivity contribution is -0.242. The molecule has 44 heavy (non-hydrogen) atoms. The smallest absolute Gasteiger partial charge is 0.280 e. The summed E-state index contributed by atoms with van der Waals surface area (Å²) in [6, 6.07) is 0. The van der Waals surface area contributed by atoms with Crippen LogP contribution in [0.1, 0.15) is 25.3 Å². The van der Waals surface area contributed by atoms with Crippen molar-refractivity contribution in [3.63, 3.8) is 0 Å². The lowest BCUT2D eigenvalue weighted by Crippen LogP contribution is -2.35. The maximum atomic E-state index is 12.9. The van der Waals surface area contributed by atoms with Gasteiger partial charge in [0.25, 0.3) is 26.8 Å². The van der Waals surface area contributed by atoms with E-state index in [-0.39, 0.29) is 47.1 Å². The maximum Gasteiger partial charge on any atom is 0.280 e.